The number of halogens is 1. The molecule has 1 atom stereocenters. The highest BCUT2D eigenvalue weighted by molar-refractivity contribution is 6.30. The molecular formula is C27H36ClNO3. The van der Waals surface area contributed by atoms with Crippen molar-refractivity contribution in [2.75, 3.05) is 47.1 Å². The van der Waals surface area contributed by atoms with Crippen molar-refractivity contribution in [3.63, 3.8) is 0 Å². The van der Waals surface area contributed by atoms with E-state index in [1.54, 1.807) is 7.11 Å². The molecule has 0 saturated heterocycles. The predicted octanol–water partition coefficient (Wildman–Crippen LogP) is 6.18. The van der Waals surface area contributed by atoms with Gasteiger partial charge in [0.05, 0.1) is 25.9 Å². The molecule has 2 aromatic carbocycles. The molecule has 2 aromatic rings. The first-order chi connectivity index (χ1) is 15.5. The summed E-state index contributed by atoms with van der Waals surface area (Å²) in [7, 11) is 3.88. The van der Waals surface area contributed by atoms with Gasteiger partial charge in [-0.3, -0.25) is 4.90 Å². The Morgan fingerprint density at radius 1 is 1.03 bits per heavy atom. The summed E-state index contributed by atoms with van der Waals surface area (Å²) in [5.41, 5.74) is 6.84. The Balaban J connectivity index is 1.76. The molecule has 0 spiro atoms. The second-order valence-corrected chi connectivity index (χ2v) is 8.81. The van der Waals surface area contributed by atoms with Gasteiger partial charge in [-0.2, -0.15) is 0 Å². The van der Waals surface area contributed by atoms with E-state index < -0.39 is 0 Å². The van der Waals surface area contributed by atoms with Crippen LogP contribution in [0.25, 0.3) is 5.57 Å². The molecule has 0 saturated carbocycles. The van der Waals surface area contributed by atoms with E-state index in [2.05, 4.69) is 62.2 Å². The molecule has 1 heterocycles. The van der Waals surface area contributed by atoms with Crippen molar-refractivity contribution < 1.29 is 14.2 Å². The van der Waals surface area contributed by atoms with Gasteiger partial charge < -0.3 is 14.2 Å². The van der Waals surface area contributed by atoms with Crippen molar-refractivity contribution in [3.8, 4) is 5.75 Å². The maximum absolute atomic E-state index is 6.40. The lowest BCUT2D eigenvalue weighted by Crippen LogP contribution is -2.31. The van der Waals surface area contributed by atoms with Gasteiger partial charge in [-0.25, -0.2) is 0 Å². The molecule has 0 amide bonds. The second-order valence-electron chi connectivity index (χ2n) is 8.37. The fraction of sp³-hybridized carbons (Fsp3) is 0.481. The normalized spacial score (nSPS) is 17.1. The third-order valence-corrected chi connectivity index (χ3v) is 6.32. The number of hydrogen-bond acceptors (Lipinski definition) is 4. The second kappa shape index (κ2) is 12.4. The lowest BCUT2D eigenvalue weighted by atomic mass is 9.84. The molecule has 1 aliphatic heterocycles. The van der Waals surface area contributed by atoms with Gasteiger partial charge in [-0.15, -0.1) is 0 Å². The average Bonchev–Trinajstić information content (AvgIpc) is 2.79. The van der Waals surface area contributed by atoms with E-state index >= 15 is 0 Å². The molecular weight excluding hydrogens is 422 g/mol. The minimum atomic E-state index is 0.249. The van der Waals surface area contributed by atoms with E-state index in [9.17, 15) is 0 Å². The van der Waals surface area contributed by atoms with Crippen LogP contribution < -0.4 is 4.74 Å². The fourth-order valence-corrected chi connectivity index (χ4v) is 4.66. The largest absolute Gasteiger partial charge is 0.491 e. The molecule has 4 nitrogen and oxygen atoms in total. The molecule has 3 rings (SSSR count). The Morgan fingerprint density at radius 3 is 2.50 bits per heavy atom. The first-order valence-corrected chi connectivity index (χ1v) is 11.9. The molecule has 0 N–H and O–H groups in total. The molecule has 1 unspecified atom stereocenters. The number of aryl methyl sites for hydroxylation is 1. The summed E-state index contributed by atoms with van der Waals surface area (Å²) in [6.45, 7) is 7.81. The van der Waals surface area contributed by atoms with Gasteiger partial charge in [0.2, 0.25) is 0 Å². The van der Waals surface area contributed by atoms with Crippen LogP contribution in [0.4, 0.5) is 0 Å². The molecule has 5 heteroatoms. The van der Waals surface area contributed by atoms with Gasteiger partial charge in [0, 0.05) is 18.7 Å². The van der Waals surface area contributed by atoms with Gasteiger partial charge in [0.25, 0.3) is 0 Å². The van der Waals surface area contributed by atoms with Crippen LogP contribution in [0.2, 0.25) is 5.02 Å². The van der Waals surface area contributed by atoms with Crippen LogP contribution in [-0.2, 0) is 15.9 Å². The molecule has 0 fully saturated rings. The number of methoxy groups -OCH3 is 1. The number of benzene rings is 2. The minimum absolute atomic E-state index is 0.249. The third kappa shape index (κ3) is 6.35. The van der Waals surface area contributed by atoms with Gasteiger partial charge >= 0.3 is 0 Å². The number of ether oxygens (including phenoxy) is 3. The van der Waals surface area contributed by atoms with Crippen molar-refractivity contribution in [1.29, 1.82) is 0 Å². The Hall–Kier alpha value is -1.85. The van der Waals surface area contributed by atoms with Gasteiger partial charge in [-0.05, 0) is 78.9 Å². The molecule has 1 aliphatic rings. The van der Waals surface area contributed by atoms with Crippen molar-refractivity contribution in [3.05, 3.63) is 69.8 Å². The van der Waals surface area contributed by atoms with Crippen LogP contribution in [0.15, 0.2) is 48.0 Å². The van der Waals surface area contributed by atoms with Gasteiger partial charge in [-0.1, -0.05) is 43.1 Å². The summed E-state index contributed by atoms with van der Waals surface area (Å²) >= 11 is 6.40. The molecule has 0 radical (unpaired) electrons. The molecule has 0 bridgehead atoms. The van der Waals surface area contributed by atoms with Crippen LogP contribution in [-0.4, -0.2) is 52.0 Å². The van der Waals surface area contributed by atoms with Crippen LogP contribution in [0.1, 0.15) is 49.4 Å². The SMILES string of the molecule is CCCc1ccc(Cl)cc1C1=C(C)C(c2ccc(OCCOCCOC)cc2)N(C)CC1. The molecule has 174 valence electrons. The summed E-state index contributed by atoms with van der Waals surface area (Å²) in [6.07, 6.45) is 3.24. The molecule has 0 aliphatic carbocycles. The standard InChI is InChI=1S/C27H36ClNO3/c1-5-6-21-7-10-23(28)19-26(21)25-13-14-29(3)27(20(25)2)22-8-11-24(12-9-22)32-18-17-31-16-15-30-4/h7-12,19,27H,5-6,13-18H2,1-4H3. The lowest BCUT2D eigenvalue weighted by Gasteiger charge is -2.36. The van der Waals surface area contributed by atoms with Crippen molar-refractivity contribution >= 4 is 17.2 Å². The van der Waals surface area contributed by atoms with E-state index in [0.717, 1.165) is 36.6 Å². The van der Waals surface area contributed by atoms with Gasteiger partial charge in [0.1, 0.15) is 12.4 Å². The number of nitrogens with zero attached hydrogens (tertiary/aromatic N) is 1. The van der Waals surface area contributed by atoms with Crippen LogP contribution in [0.5, 0.6) is 5.75 Å². The van der Waals surface area contributed by atoms with Crippen molar-refractivity contribution in [2.24, 2.45) is 0 Å². The zero-order valence-electron chi connectivity index (χ0n) is 19.8. The summed E-state index contributed by atoms with van der Waals surface area (Å²) in [5, 5.41) is 0.809. The highest BCUT2D eigenvalue weighted by atomic mass is 35.5. The van der Waals surface area contributed by atoms with Gasteiger partial charge in [0.15, 0.2) is 0 Å². The third-order valence-electron chi connectivity index (χ3n) is 6.08. The predicted molar refractivity (Wildman–Crippen MR) is 133 cm³/mol. The van der Waals surface area contributed by atoms with E-state index in [-0.39, 0.29) is 6.04 Å². The highest BCUT2D eigenvalue weighted by Crippen LogP contribution is 2.40. The van der Waals surface area contributed by atoms with Crippen LogP contribution in [0.3, 0.4) is 0 Å². The highest BCUT2D eigenvalue weighted by Gasteiger charge is 2.27. The van der Waals surface area contributed by atoms with E-state index in [4.69, 9.17) is 25.8 Å². The quantitative estimate of drug-likeness (QED) is 0.377. The number of hydrogen-bond donors (Lipinski definition) is 0. The Kier molecular flexibility index (Phi) is 9.61. The Morgan fingerprint density at radius 2 is 1.78 bits per heavy atom. The summed E-state index contributed by atoms with van der Waals surface area (Å²) in [5.74, 6) is 0.865. The first kappa shape index (κ1) is 24.8. The Labute approximate surface area is 198 Å². The topological polar surface area (TPSA) is 30.9 Å². The maximum Gasteiger partial charge on any atom is 0.119 e. The zero-order chi connectivity index (χ0) is 22.9. The minimum Gasteiger partial charge on any atom is -0.491 e. The summed E-state index contributed by atoms with van der Waals surface area (Å²) in [4.78, 5) is 2.43. The zero-order valence-corrected chi connectivity index (χ0v) is 20.6. The fourth-order valence-electron chi connectivity index (χ4n) is 4.49. The van der Waals surface area contributed by atoms with Crippen LogP contribution >= 0.6 is 11.6 Å². The first-order valence-electron chi connectivity index (χ1n) is 11.5. The van der Waals surface area contributed by atoms with E-state index in [0.29, 0.717) is 26.4 Å². The maximum atomic E-state index is 6.40. The summed E-state index contributed by atoms with van der Waals surface area (Å²) in [6, 6.07) is 15.1. The monoisotopic (exact) mass is 457 g/mol. The lowest BCUT2D eigenvalue weighted by molar-refractivity contribution is 0.0544. The van der Waals surface area contributed by atoms with Crippen LogP contribution in [0, 0.1) is 0 Å². The average molecular weight is 458 g/mol. The summed E-state index contributed by atoms with van der Waals surface area (Å²) < 4.78 is 16.3. The Bertz CT molecular complexity index is 894. The van der Waals surface area contributed by atoms with E-state index in [1.165, 1.54) is 27.8 Å². The molecule has 32 heavy (non-hydrogen) atoms. The number of rotatable bonds is 11. The van der Waals surface area contributed by atoms with E-state index in [1.807, 2.05) is 6.07 Å². The smallest absolute Gasteiger partial charge is 0.119 e. The number of likely N-dealkylation sites (N-methyl/N-ethyl adjacent to an activating group) is 1. The van der Waals surface area contributed by atoms with Crippen molar-refractivity contribution in [1.82, 2.24) is 4.90 Å². The molecule has 0 aromatic heterocycles. The van der Waals surface area contributed by atoms with Crippen molar-refractivity contribution in [2.45, 2.75) is 39.2 Å².